The zero-order chi connectivity index (χ0) is 12.4. The highest BCUT2D eigenvalue weighted by Gasteiger charge is 2.28. The van der Waals surface area contributed by atoms with Crippen molar-refractivity contribution in [3.05, 3.63) is 17.7 Å². The fraction of sp³-hybridized carbons (Fsp3) is 0.500. The van der Waals surface area contributed by atoms with Crippen LogP contribution in [0.15, 0.2) is 6.33 Å². The Bertz CT molecular complexity index is 442. The number of nitrogens with zero attached hydrogens (tertiary/aromatic N) is 2. The first-order chi connectivity index (χ1) is 8.08. The summed E-state index contributed by atoms with van der Waals surface area (Å²) in [6, 6.07) is -0.338. The zero-order valence-corrected chi connectivity index (χ0v) is 9.56. The highest BCUT2D eigenvalue weighted by atomic mass is 16.2. The standard InChI is InChI=1S/C10H15N5O2/c1-15(4-9(11)16)10(17)7-2-6-8(3-12-7)14-5-13-6/h5,7,12H,2-4H2,1H3,(H2,11,16)(H,13,14). The minimum atomic E-state index is -0.517. The van der Waals surface area contributed by atoms with Crippen molar-refractivity contribution in [2.24, 2.45) is 5.73 Å². The first kappa shape index (κ1) is 11.6. The van der Waals surface area contributed by atoms with E-state index in [1.165, 1.54) is 4.90 Å². The number of fused-ring (bicyclic) bond motifs is 1. The molecule has 1 aliphatic heterocycles. The van der Waals surface area contributed by atoms with Crippen molar-refractivity contribution < 1.29 is 9.59 Å². The van der Waals surface area contributed by atoms with Gasteiger partial charge in [-0.25, -0.2) is 4.98 Å². The number of primary amides is 1. The molecule has 1 aliphatic rings. The van der Waals surface area contributed by atoms with Crippen molar-refractivity contribution in [2.75, 3.05) is 13.6 Å². The lowest BCUT2D eigenvalue weighted by atomic mass is 10.0. The van der Waals surface area contributed by atoms with Gasteiger partial charge in [-0.1, -0.05) is 0 Å². The van der Waals surface area contributed by atoms with E-state index in [9.17, 15) is 9.59 Å². The Kier molecular flexibility index (Phi) is 3.10. The molecule has 2 rings (SSSR count). The number of aromatic nitrogens is 2. The van der Waals surface area contributed by atoms with Gasteiger partial charge in [0.05, 0.1) is 30.3 Å². The quantitative estimate of drug-likeness (QED) is 0.587. The molecule has 7 heteroatoms. The van der Waals surface area contributed by atoms with E-state index in [1.807, 2.05) is 0 Å². The Morgan fingerprint density at radius 3 is 3.12 bits per heavy atom. The lowest BCUT2D eigenvalue weighted by Gasteiger charge is -2.26. The van der Waals surface area contributed by atoms with E-state index in [0.717, 1.165) is 11.4 Å². The van der Waals surface area contributed by atoms with E-state index < -0.39 is 5.91 Å². The van der Waals surface area contributed by atoms with Gasteiger partial charge in [0, 0.05) is 20.0 Å². The second-order valence-electron chi connectivity index (χ2n) is 4.13. The van der Waals surface area contributed by atoms with Gasteiger partial charge in [-0.05, 0) is 0 Å². The zero-order valence-electron chi connectivity index (χ0n) is 9.56. The minimum absolute atomic E-state index is 0.0650. The van der Waals surface area contributed by atoms with Gasteiger partial charge in [0.1, 0.15) is 0 Å². The first-order valence-corrected chi connectivity index (χ1v) is 5.35. The maximum Gasteiger partial charge on any atom is 0.240 e. The number of nitrogens with one attached hydrogen (secondary N) is 2. The van der Waals surface area contributed by atoms with Crippen LogP contribution in [0.3, 0.4) is 0 Å². The van der Waals surface area contributed by atoms with Crippen molar-refractivity contribution in [1.29, 1.82) is 0 Å². The molecule has 92 valence electrons. The molecule has 0 aliphatic carbocycles. The Morgan fingerprint density at radius 1 is 1.65 bits per heavy atom. The third kappa shape index (κ3) is 2.44. The highest BCUT2D eigenvalue weighted by molar-refractivity contribution is 5.87. The lowest BCUT2D eigenvalue weighted by Crippen LogP contribution is -2.50. The summed E-state index contributed by atoms with van der Waals surface area (Å²) in [5.41, 5.74) is 6.95. The summed E-state index contributed by atoms with van der Waals surface area (Å²) in [5.74, 6) is -0.658. The van der Waals surface area contributed by atoms with Crippen LogP contribution in [0.4, 0.5) is 0 Å². The number of carbonyl (C=O) groups is 2. The minimum Gasteiger partial charge on any atom is -0.368 e. The van der Waals surface area contributed by atoms with Crippen LogP contribution in [0.5, 0.6) is 0 Å². The molecule has 0 saturated carbocycles. The maximum absolute atomic E-state index is 12.0. The second kappa shape index (κ2) is 4.54. The molecule has 4 N–H and O–H groups in total. The van der Waals surface area contributed by atoms with Gasteiger partial charge in [0.2, 0.25) is 11.8 Å². The molecule has 2 amide bonds. The van der Waals surface area contributed by atoms with Crippen LogP contribution in [-0.2, 0) is 22.6 Å². The van der Waals surface area contributed by atoms with Crippen LogP contribution in [0.2, 0.25) is 0 Å². The topological polar surface area (TPSA) is 104 Å². The van der Waals surface area contributed by atoms with E-state index in [4.69, 9.17) is 5.73 Å². The molecule has 0 radical (unpaired) electrons. The molecule has 0 bridgehead atoms. The molecule has 2 heterocycles. The van der Waals surface area contributed by atoms with Crippen LogP contribution >= 0.6 is 0 Å². The number of nitrogens with two attached hydrogens (primary N) is 1. The fourth-order valence-electron chi connectivity index (χ4n) is 1.92. The summed E-state index contributed by atoms with van der Waals surface area (Å²) in [5, 5.41) is 3.10. The second-order valence-corrected chi connectivity index (χ2v) is 4.13. The van der Waals surface area contributed by atoms with Gasteiger partial charge in [0.25, 0.3) is 0 Å². The predicted octanol–water partition coefficient (Wildman–Crippen LogP) is -1.63. The summed E-state index contributed by atoms with van der Waals surface area (Å²) in [7, 11) is 1.56. The van der Waals surface area contributed by atoms with Gasteiger partial charge >= 0.3 is 0 Å². The molecule has 1 atom stereocenters. The third-order valence-corrected chi connectivity index (χ3v) is 2.80. The first-order valence-electron chi connectivity index (χ1n) is 5.35. The van der Waals surface area contributed by atoms with Crippen molar-refractivity contribution in [3.8, 4) is 0 Å². The molecule has 7 nitrogen and oxygen atoms in total. The van der Waals surface area contributed by atoms with E-state index in [2.05, 4.69) is 15.3 Å². The number of amides is 2. The highest BCUT2D eigenvalue weighted by Crippen LogP contribution is 2.13. The summed E-state index contributed by atoms with van der Waals surface area (Å²) < 4.78 is 0. The summed E-state index contributed by atoms with van der Waals surface area (Å²) >= 11 is 0. The van der Waals surface area contributed by atoms with Crippen molar-refractivity contribution in [3.63, 3.8) is 0 Å². The average molecular weight is 237 g/mol. The number of rotatable bonds is 3. The smallest absolute Gasteiger partial charge is 0.240 e. The van der Waals surface area contributed by atoms with Crippen LogP contribution in [-0.4, -0.2) is 46.3 Å². The van der Waals surface area contributed by atoms with Gasteiger partial charge < -0.3 is 15.6 Å². The number of imidazole rings is 1. The SMILES string of the molecule is CN(CC(N)=O)C(=O)C1Cc2nc[nH]c2CN1. The molecule has 0 fully saturated rings. The van der Waals surface area contributed by atoms with E-state index in [0.29, 0.717) is 13.0 Å². The molecular formula is C10H15N5O2. The average Bonchev–Trinajstić information content (AvgIpc) is 2.73. The van der Waals surface area contributed by atoms with Gasteiger partial charge in [0.15, 0.2) is 0 Å². The van der Waals surface area contributed by atoms with Crippen molar-refractivity contribution in [1.82, 2.24) is 20.2 Å². The number of hydrogen-bond donors (Lipinski definition) is 3. The van der Waals surface area contributed by atoms with Crippen LogP contribution < -0.4 is 11.1 Å². The fourth-order valence-corrected chi connectivity index (χ4v) is 1.92. The normalized spacial score (nSPS) is 18.5. The summed E-state index contributed by atoms with van der Waals surface area (Å²) in [6.45, 7) is 0.514. The molecule has 0 spiro atoms. The van der Waals surface area contributed by atoms with Crippen LogP contribution in [0.1, 0.15) is 11.4 Å². The summed E-state index contributed by atoms with van der Waals surface area (Å²) in [4.78, 5) is 31.2. The van der Waals surface area contributed by atoms with E-state index in [-0.39, 0.29) is 18.5 Å². The van der Waals surface area contributed by atoms with E-state index in [1.54, 1.807) is 13.4 Å². The van der Waals surface area contributed by atoms with E-state index >= 15 is 0 Å². The Labute approximate surface area is 98.4 Å². The van der Waals surface area contributed by atoms with Crippen molar-refractivity contribution in [2.45, 2.75) is 19.0 Å². The summed E-state index contributed by atoms with van der Waals surface area (Å²) in [6.07, 6.45) is 2.15. The number of aromatic amines is 1. The van der Waals surface area contributed by atoms with Crippen LogP contribution in [0, 0.1) is 0 Å². The van der Waals surface area contributed by atoms with Crippen LogP contribution in [0.25, 0.3) is 0 Å². The predicted molar refractivity (Wildman–Crippen MR) is 59.8 cm³/mol. The molecule has 1 aromatic heterocycles. The number of carbonyl (C=O) groups excluding carboxylic acids is 2. The third-order valence-electron chi connectivity index (χ3n) is 2.80. The lowest BCUT2D eigenvalue weighted by molar-refractivity contribution is -0.135. The van der Waals surface area contributed by atoms with Gasteiger partial charge in [-0.2, -0.15) is 0 Å². The molecule has 1 aromatic rings. The maximum atomic E-state index is 12.0. The number of hydrogen-bond acceptors (Lipinski definition) is 4. The van der Waals surface area contributed by atoms with Gasteiger partial charge in [-0.3, -0.25) is 14.9 Å². The largest absolute Gasteiger partial charge is 0.368 e. The van der Waals surface area contributed by atoms with Crippen molar-refractivity contribution >= 4 is 11.8 Å². The molecule has 0 saturated heterocycles. The Balaban J connectivity index is 2.00. The number of likely N-dealkylation sites (N-methyl/N-ethyl adjacent to an activating group) is 1. The molecule has 1 unspecified atom stereocenters. The molecule has 17 heavy (non-hydrogen) atoms. The number of H-pyrrole nitrogens is 1. The Morgan fingerprint density at radius 2 is 2.41 bits per heavy atom. The molecular weight excluding hydrogens is 222 g/mol. The Hall–Kier alpha value is -1.89. The van der Waals surface area contributed by atoms with Gasteiger partial charge in [-0.15, -0.1) is 0 Å². The molecule has 0 aromatic carbocycles. The monoisotopic (exact) mass is 237 g/mol.